The summed E-state index contributed by atoms with van der Waals surface area (Å²) in [4.78, 5) is 14.6. The predicted molar refractivity (Wildman–Crippen MR) is 106 cm³/mol. The Labute approximate surface area is 167 Å². The van der Waals surface area contributed by atoms with Crippen molar-refractivity contribution in [2.24, 2.45) is 0 Å². The summed E-state index contributed by atoms with van der Waals surface area (Å²) in [6.45, 7) is 8.54. The Morgan fingerprint density at radius 1 is 1.07 bits per heavy atom. The summed E-state index contributed by atoms with van der Waals surface area (Å²) < 4.78 is 32.8. The van der Waals surface area contributed by atoms with Gasteiger partial charge in [0.25, 0.3) is 5.91 Å². The molecule has 0 radical (unpaired) electrons. The van der Waals surface area contributed by atoms with Crippen LogP contribution >= 0.6 is 12.4 Å². The van der Waals surface area contributed by atoms with Gasteiger partial charge in [0, 0.05) is 44.3 Å². The number of nitrogens with one attached hydrogen (secondary N) is 1. The molecule has 0 spiro atoms. The number of sulfonamides is 1. The van der Waals surface area contributed by atoms with E-state index in [2.05, 4.69) is 5.32 Å². The molecule has 1 aromatic rings. The van der Waals surface area contributed by atoms with Crippen LogP contribution < -0.4 is 5.32 Å². The van der Waals surface area contributed by atoms with E-state index >= 15 is 0 Å². The van der Waals surface area contributed by atoms with Crippen molar-refractivity contribution >= 4 is 28.3 Å². The summed E-state index contributed by atoms with van der Waals surface area (Å²) in [5, 5.41) is 3.30. The SMILES string of the molecule is CC1CN(C(=O)c2ccc(S(=O)(=O)N3CC(C)OC(C)C3)cc2)CCN1.Cl. The van der Waals surface area contributed by atoms with Crippen molar-refractivity contribution in [3.63, 3.8) is 0 Å². The lowest BCUT2D eigenvalue weighted by molar-refractivity contribution is -0.0440. The maximum Gasteiger partial charge on any atom is 0.253 e. The lowest BCUT2D eigenvalue weighted by Crippen LogP contribution is -2.51. The second kappa shape index (κ2) is 8.87. The van der Waals surface area contributed by atoms with Crippen molar-refractivity contribution in [1.29, 1.82) is 0 Å². The van der Waals surface area contributed by atoms with Crippen LogP contribution in [0.4, 0.5) is 0 Å². The van der Waals surface area contributed by atoms with Crippen LogP contribution in [0.2, 0.25) is 0 Å². The molecule has 9 heteroatoms. The fourth-order valence-corrected chi connectivity index (χ4v) is 5.14. The van der Waals surface area contributed by atoms with Crippen molar-refractivity contribution in [1.82, 2.24) is 14.5 Å². The Morgan fingerprint density at radius 3 is 2.22 bits per heavy atom. The molecule has 1 aromatic carbocycles. The molecule has 1 N–H and O–H groups in total. The number of halogens is 1. The number of carbonyl (C=O) groups excluding carboxylic acids is 1. The summed E-state index contributed by atoms with van der Waals surface area (Å²) in [7, 11) is -3.59. The number of nitrogens with zero attached hydrogens (tertiary/aromatic N) is 2. The number of carbonyl (C=O) groups is 1. The third-order valence-electron chi connectivity index (χ3n) is 4.78. The Balaban J connectivity index is 0.00000261. The van der Waals surface area contributed by atoms with E-state index in [0.29, 0.717) is 31.7 Å². The van der Waals surface area contributed by atoms with E-state index in [1.54, 1.807) is 17.0 Å². The van der Waals surface area contributed by atoms with Gasteiger partial charge in [-0.3, -0.25) is 4.79 Å². The van der Waals surface area contributed by atoms with Crippen LogP contribution in [0, 0.1) is 0 Å². The summed E-state index contributed by atoms with van der Waals surface area (Å²) in [6, 6.07) is 6.53. The molecule has 1 amide bonds. The molecular formula is C18H28ClN3O4S. The zero-order valence-electron chi connectivity index (χ0n) is 15.9. The number of ether oxygens (including phenoxy) is 1. The largest absolute Gasteiger partial charge is 0.373 e. The highest BCUT2D eigenvalue weighted by Gasteiger charge is 2.32. The average Bonchev–Trinajstić information content (AvgIpc) is 2.60. The zero-order valence-corrected chi connectivity index (χ0v) is 17.6. The standard InChI is InChI=1S/C18H27N3O4S.ClH/c1-13-10-20(9-8-19-13)18(22)16-4-6-17(7-5-16)26(23,24)21-11-14(2)25-15(3)12-21;/h4-7,13-15,19H,8-12H2,1-3H3;1H. The zero-order chi connectivity index (χ0) is 18.9. The molecular weight excluding hydrogens is 390 g/mol. The quantitative estimate of drug-likeness (QED) is 0.802. The van der Waals surface area contributed by atoms with E-state index in [0.717, 1.165) is 6.54 Å². The molecule has 152 valence electrons. The van der Waals surface area contributed by atoms with Crippen molar-refractivity contribution in [2.75, 3.05) is 32.7 Å². The van der Waals surface area contributed by atoms with Crippen LogP contribution in [0.25, 0.3) is 0 Å². The molecule has 3 unspecified atom stereocenters. The molecule has 0 bridgehead atoms. The Hall–Kier alpha value is -1.19. The minimum atomic E-state index is -3.59. The highest BCUT2D eigenvalue weighted by Crippen LogP contribution is 2.22. The number of hydrogen-bond donors (Lipinski definition) is 1. The number of rotatable bonds is 3. The van der Waals surface area contributed by atoms with E-state index in [1.165, 1.54) is 16.4 Å². The van der Waals surface area contributed by atoms with Crippen molar-refractivity contribution < 1.29 is 17.9 Å². The number of hydrogen-bond acceptors (Lipinski definition) is 5. The van der Waals surface area contributed by atoms with Gasteiger partial charge in [0.15, 0.2) is 0 Å². The molecule has 0 aromatic heterocycles. The lowest BCUT2D eigenvalue weighted by atomic mass is 10.1. The van der Waals surface area contributed by atoms with Gasteiger partial charge in [-0.15, -0.1) is 12.4 Å². The van der Waals surface area contributed by atoms with E-state index in [-0.39, 0.29) is 41.5 Å². The van der Waals surface area contributed by atoms with Crippen LogP contribution in [0.1, 0.15) is 31.1 Å². The van der Waals surface area contributed by atoms with Crippen LogP contribution in [0.15, 0.2) is 29.2 Å². The first-order valence-corrected chi connectivity index (χ1v) is 10.5. The van der Waals surface area contributed by atoms with E-state index in [4.69, 9.17) is 4.74 Å². The van der Waals surface area contributed by atoms with Gasteiger partial charge in [0.2, 0.25) is 10.0 Å². The molecule has 27 heavy (non-hydrogen) atoms. The van der Waals surface area contributed by atoms with Gasteiger partial charge in [-0.1, -0.05) is 0 Å². The van der Waals surface area contributed by atoms with Crippen LogP contribution in [0.5, 0.6) is 0 Å². The van der Waals surface area contributed by atoms with Gasteiger partial charge in [-0.2, -0.15) is 4.31 Å². The van der Waals surface area contributed by atoms with Gasteiger partial charge in [-0.25, -0.2) is 8.42 Å². The fraction of sp³-hybridized carbons (Fsp3) is 0.611. The van der Waals surface area contributed by atoms with Crippen molar-refractivity contribution in [2.45, 2.75) is 43.9 Å². The molecule has 0 aliphatic carbocycles. The highest BCUT2D eigenvalue weighted by molar-refractivity contribution is 7.89. The van der Waals surface area contributed by atoms with E-state index in [9.17, 15) is 13.2 Å². The molecule has 2 saturated heterocycles. The third-order valence-corrected chi connectivity index (χ3v) is 6.63. The molecule has 2 aliphatic rings. The van der Waals surface area contributed by atoms with Gasteiger partial charge in [-0.05, 0) is 45.0 Å². The Morgan fingerprint density at radius 2 is 1.67 bits per heavy atom. The summed E-state index contributed by atoms with van der Waals surface area (Å²) in [6.07, 6.45) is -0.270. The molecule has 3 atom stereocenters. The van der Waals surface area contributed by atoms with Gasteiger partial charge < -0.3 is 15.0 Å². The number of morpholine rings is 1. The molecule has 0 saturated carbocycles. The molecule has 2 aliphatic heterocycles. The first kappa shape index (κ1) is 22.1. The van der Waals surface area contributed by atoms with Gasteiger partial charge >= 0.3 is 0 Å². The average molecular weight is 418 g/mol. The third kappa shape index (κ3) is 5.00. The van der Waals surface area contributed by atoms with Crippen LogP contribution in [-0.4, -0.2) is 74.5 Å². The minimum Gasteiger partial charge on any atom is -0.373 e. The Bertz CT molecular complexity index is 746. The maximum atomic E-state index is 12.9. The lowest BCUT2D eigenvalue weighted by Gasteiger charge is -2.34. The maximum absolute atomic E-state index is 12.9. The first-order chi connectivity index (χ1) is 12.3. The van der Waals surface area contributed by atoms with Crippen LogP contribution in [0.3, 0.4) is 0 Å². The van der Waals surface area contributed by atoms with Crippen LogP contribution in [-0.2, 0) is 14.8 Å². The summed E-state index contributed by atoms with van der Waals surface area (Å²) in [5.41, 5.74) is 0.516. The van der Waals surface area contributed by atoms with E-state index < -0.39 is 10.0 Å². The Kier molecular flexibility index (Phi) is 7.27. The number of benzene rings is 1. The normalized spacial score (nSPS) is 27.1. The topological polar surface area (TPSA) is 79.0 Å². The molecule has 7 nitrogen and oxygen atoms in total. The smallest absolute Gasteiger partial charge is 0.253 e. The van der Waals surface area contributed by atoms with Gasteiger partial charge in [0.05, 0.1) is 17.1 Å². The number of amides is 1. The molecule has 2 heterocycles. The van der Waals surface area contributed by atoms with E-state index in [1.807, 2.05) is 20.8 Å². The minimum absolute atomic E-state index is 0. The second-order valence-electron chi connectivity index (χ2n) is 7.21. The first-order valence-electron chi connectivity index (χ1n) is 9.05. The summed E-state index contributed by atoms with van der Waals surface area (Å²) >= 11 is 0. The predicted octanol–water partition coefficient (Wildman–Crippen LogP) is 1.34. The van der Waals surface area contributed by atoms with Gasteiger partial charge in [0.1, 0.15) is 0 Å². The highest BCUT2D eigenvalue weighted by atomic mass is 35.5. The van der Waals surface area contributed by atoms with Crippen molar-refractivity contribution in [3.05, 3.63) is 29.8 Å². The molecule has 3 rings (SSSR count). The summed E-state index contributed by atoms with van der Waals surface area (Å²) in [5.74, 6) is -0.0593. The van der Waals surface area contributed by atoms with Crippen molar-refractivity contribution in [3.8, 4) is 0 Å². The molecule has 2 fully saturated rings. The number of piperazine rings is 1. The monoisotopic (exact) mass is 417 g/mol. The fourth-order valence-electron chi connectivity index (χ4n) is 3.54. The second-order valence-corrected chi connectivity index (χ2v) is 9.15.